The zero-order valence-electron chi connectivity index (χ0n) is 16.6. The minimum atomic E-state index is -0.667. The van der Waals surface area contributed by atoms with Crippen molar-refractivity contribution in [2.45, 2.75) is 13.0 Å². The van der Waals surface area contributed by atoms with E-state index in [0.29, 0.717) is 16.9 Å². The molecule has 2 aromatic carbocycles. The molecule has 30 heavy (non-hydrogen) atoms. The molecule has 0 aliphatic carbocycles. The number of rotatable bonds is 5. The number of carbonyl (C=O) groups is 1. The van der Waals surface area contributed by atoms with Gasteiger partial charge < -0.3 is 15.4 Å². The quantitative estimate of drug-likeness (QED) is 0.515. The molecule has 156 valence electrons. The number of ether oxygens (including phenoxy) is 1. The van der Waals surface area contributed by atoms with E-state index < -0.39 is 11.9 Å². The number of nitrogens with two attached hydrogens (primary N) is 1. The molecule has 0 fully saturated rings. The van der Waals surface area contributed by atoms with Gasteiger partial charge in [0, 0.05) is 42.0 Å². The van der Waals surface area contributed by atoms with Crippen LogP contribution >= 0.6 is 23.2 Å². The molecule has 0 saturated carbocycles. The van der Waals surface area contributed by atoms with Crippen LogP contribution < -0.4 is 10.5 Å². The number of anilines is 1. The van der Waals surface area contributed by atoms with Crippen molar-refractivity contribution in [1.29, 1.82) is 0 Å². The van der Waals surface area contributed by atoms with Gasteiger partial charge in [-0.05, 0) is 42.8 Å². The topological polar surface area (TPSA) is 68.5 Å². The van der Waals surface area contributed by atoms with Gasteiger partial charge in [-0.25, -0.2) is 9.37 Å². The second-order valence-electron chi connectivity index (χ2n) is 6.90. The van der Waals surface area contributed by atoms with Gasteiger partial charge in [0.2, 0.25) is 0 Å². The number of aromatic nitrogens is 1. The Morgan fingerprint density at radius 2 is 1.80 bits per heavy atom. The van der Waals surface area contributed by atoms with Gasteiger partial charge in [0.25, 0.3) is 5.91 Å². The molecule has 0 radical (unpaired) electrons. The lowest BCUT2D eigenvalue weighted by Gasteiger charge is -2.19. The second-order valence-corrected chi connectivity index (χ2v) is 7.69. The Labute approximate surface area is 184 Å². The Bertz CT molecular complexity index is 1090. The summed E-state index contributed by atoms with van der Waals surface area (Å²) in [5, 5.41) is 0.191. The number of hydrogen-bond acceptors (Lipinski definition) is 4. The van der Waals surface area contributed by atoms with Crippen LogP contribution in [0, 0.1) is 5.82 Å². The molecule has 0 aliphatic heterocycles. The number of amides is 1. The first kappa shape index (κ1) is 21.9. The Hall–Kier alpha value is -2.83. The molecule has 0 aliphatic rings. The highest BCUT2D eigenvalue weighted by Crippen LogP contribution is 2.37. The number of halogens is 3. The molecule has 0 spiro atoms. The predicted molar refractivity (Wildman–Crippen MR) is 118 cm³/mol. The molecule has 3 aromatic rings. The Morgan fingerprint density at radius 3 is 2.43 bits per heavy atom. The van der Waals surface area contributed by atoms with E-state index in [1.807, 2.05) is 12.1 Å². The van der Waals surface area contributed by atoms with E-state index in [1.165, 1.54) is 17.0 Å². The first-order valence-electron chi connectivity index (χ1n) is 9.06. The van der Waals surface area contributed by atoms with Crippen LogP contribution in [-0.4, -0.2) is 29.9 Å². The molecule has 0 bridgehead atoms. The minimum absolute atomic E-state index is 0.0846. The van der Waals surface area contributed by atoms with E-state index in [4.69, 9.17) is 33.7 Å². The van der Waals surface area contributed by atoms with E-state index in [2.05, 4.69) is 4.98 Å². The van der Waals surface area contributed by atoms with Crippen molar-refractivity contribution < 1.29 is 13.9 Å². The third kappa shape index (κ3) is 4.50. The normalized spacial score (nSPS) is 11.8. The molecule has 1 amide bonds. The average molecular weight is 448 g/mol. The van der Waals surface area contributed by atoms with Crippen molar-refractivity contribution in [2.75, 3.05) is 19.8 Å². The van der Waals surface area contributed by atoms with Crippen LogP contribution in [0.25, 0.3) is 11.1 Å². The van der Waals surface area contributed by atoms with Crippen molar-refractivity contribution in [3.05, 3.63) is 75.7 Å². The lowest BCUT2D eigenvalue weighted by atomic mass is 10.0. The smallest absolute Gasteiger partial charge is 0.253 e. The van der Waals surface area contributed by atoms with Crippen molar-refractivity contribution in [3.63, 3.8) is 0 Å². The Balaban J connectivity index is 1.89. The molecule has 5 nitrogen and oxygen atoms in total. The van der Waals surface area contributed by atoms with Crippen LogP contribution in [0.5, 0.6) is 5.75 Å². The van der Waals surface area contributed by atoms with Crippen LogP contribution in [0.1, 0.15) is 28.9 Å². The van der Waals surface area contributed by atoms with Crippen LogP contribution in [-0.2, 0) is 0 Å². The highest BCUT2D eigenvalue weighted by Gasteiger charge is 2.20. The summed E-state index contributed by atoms with van der Waals surface area (Å²) >= 11 is 12.3. The maximum absolute atomic E-state index is 13.9. The average Bonchev–Trinajstić information content (AvgIpc) is 2.72. The molecule has 3 rings (SSSR count). The molecule has 1 unspecified atom stereocenters. The van der Waals surface area contributed by atoms with Gasteiger partial charge in [-0.3, -0.25) is 4.79 Å². The molecule has 2 N–H and O–H groups in total. The van der Waals surface area contributed by atoms with E-state index in [-0.39, 0.29) is 21.8 Å². The third-order valence-corrected chi connectivity index (χ3v) is 5.26. The number of nitrogen functional groups attached to an aromatic ring is 1. The summed E-state index contributed by atoms with van der Waals surface area (Å²) in [6.07, 6.45) is 0.942. The van der Waals surface area contributed by atoms with Crippen LogP contribution in [0.4, 0.5) is 10.2 Å². The van der Waals surface area contributed by atoms with Crippen molar-refractivity contribution >= 4 is 34.9 Å². The maximum atomic E-state index is 13.9. The Kier molecular flexibility index (Phi) is 6.48. The zero-order valence-corrected chi connectivity index (χ0v) is 18.1. The Morgan fingerprint density at radius 1 is 1.13 bits per heavy atom. The minimum Gasteiger partial charge on any atom is -0.482 e. The largest absolute Gasteiger partial charge is 0.482 e. The highest BCUT2D eigenvalue weighted by molar-refractivity contribution is 6.36. The molecule has 1 atom stereocenters. The van der Waals surface area contributed by atoms with Crippen molar-refractivity contribution in [3.8, 4) is 16.9 Å². The monoisotopic (exact) mass is 447 g/mol. The first-order valence-corrected chi connectivity index (χ1v) is 9.82. The van der Waals surface area contributed by atoms with Gasteiger partial charge in [0.1, 0.15) is 11.9 Å². The fraction of sp³-hybridized carbons (Fsp3) is 0.182. The summed E-state index contributed by atoms with van der Waals surface area (Å²) in [7, 11) is 3.39. The van der Waals surface area contributed by atoms with E-state index >= 15 is 0 Å². The lowest BCUT2D eigenvalue weighted by molar-refractivity contribution is 0.0827. The van der Waals surface area contributed by atoms with Gasteiger partial charge in [-0.2, -0.15) is 0 Å². The van der Waals surface area contributed by atoms with Crippen LogP contribution in [0.3, 0.4) is 0 Å². The molecule has 0 saturated heterocycles. The summed E-state index contributed by atoms with van der Waals surface area (Å²) in [4.78, 5) is 17.8. The number of pyridine rings is 1. The fourth-order valence-corrected chi connectivity index (χ4v) is 3.61. The standard InChI is InChI=1S/C22H20Cl2FN3O2/c1-12(19-16(23)8-9-17(25)20(19)24)30-18-10-15(11-27-21(18)26)13-4-6-14(7-5-13)22(29)28(2)3/h4-12H,1-3H3,(H2,26,27). The summed E-state index contributed by atoms with van der Waals surface area (Å²) in [6.45, 7) is 1.69. The van der Waals surface area contributed by atoms with E-state index in [9.17, 15) is 9.18 Å². The lowest BCUT2D eigenvalue weighted by Crippen LogP contribution is -2.21. The van der Waals surface area contributed by atoms with Crippen molar-refractivity contribution in [1.82, 2.24) is 9.88 Å². The van der Waals surface area contributed by atoms with Gasteiger partial charge in [0.15, 0.2) is 11.6 Å². The fourth-order valence-electron chi connectivity index (χ4n) is 2.94. The van der Waals surface area contributed by atoms with Crippen LogP contribution in [0.15, 0.2) is 48.7 Å². The number of hydrogen-bond donors (Lipinski definition) is 1. The van der Waals surface area contributed by atoms with Crippen LogP contribution in [0.2, 0.25) is 10.0 Å². The van der Waals surface area contributed by atoms with Gasteiger partial charge in [0.05, 0.1) is 5.02 Å². The zero-order chi connectivity index (χ0) is 22.0. The molecular weight excluding hydrogens is 428 g/mol. The molecule has 1 heterocycles. The third-order valence-electron chi connectivity index (χ3n) is 4.54. The maximum Gasteiger partial charge on any atom is 0.253 e. The molecule has 8 heteroatoms. The van der Waals surface area contributed by atoms with E-state index in [1.54, 1.807) is 45.4 Å². The summed E-state index contributed by atoms with van der Waals surface area (Å²) in [6, 6.07) is 11.5. The number of carbonyl (C=O) groups excluding carboxylic acids is 1. The van der Waals surface area contributed by atoms with Crippen molar-refractivity contribution in [2.24, 2.45) is 0 Å². The van der Waals surface area contributed by atoms with Gasteiger partial charge in [-0.1, -0.05) is 35.3 Å². The summed E-state index contributed by atoms with van der Waals surface area (Å²) in [5.41, 5.74) is 8.45. The van der Waals surface area contributed by atoms with Gasteiger partial charge >= 0.3 is 0 Å². The molecular formula is C22H20Cl2FN3O2. The second kappa shape index (κ2) is 8.90. The predicted octanol–water partition coefficient (Wildman–Crippen LogP) is 5.62. The number of nitrogens with zero attached hydrogens (tertiary/aromatic N) is 2. The summed E-state index contributed by atoms with van der Waals surface area (Å²) in [5.74, 6) is -0.184. The summed E-state index contributed by atoms with van der Waals surface area (Å²) < 4.78 is 19.8. The molecule has 1 aromatic heterocycles. The SMILES string of the molecule is CC(Oc1cc(-c2ccc(C(=O)N(C)C)cc2)cnc1N)c1c(Cl)ccc(F)c1Cl. The first-order chi connectivity index (χ1) is 14.2. The van der Waals surface area contributed by atoms with Gasteiger partial charge in [-0.15, -0.1) is 0 Å². The highest BCUT2D eigenvalue weighted by atomic mass is 35.5. The number of benzene rings is 2. The van der Waals surface area contributed by atoms with E-state index in [0.717, 1.165) is 11.1 Å².